The summed E-state index contributed by atoms with van der Waals surface area (Å²) in [6, 6.07) is 9.88. The average molecular weight is 342 g/mol. The van der Waals surface area contributed by atoms with E-state index < -0.39 is 6.10 Å². The zero-order valence-corrected chi connectivity index (χ0v) is 14.0. The van der Waals surface area contributed by atoms with E-state index >= 15 is 0 Å². The highest BCUT2D eigenvalue weighted by Crippen LogP contribution is 2.13. The standard InChI is InChI=1S/C18H22N4O3/c23-15-8-4-5-10-21(17(15)25)13-16(24)20-18-19-9-11-22(18)12-14-6-2-1-3-7-14/h1-3,6-7,9,11,15,23H,4-5,8,10,12-13H2,(H,19,20,24). The van der Waals surface area contributed by atoms with Crippen molar-refractivity contribution < 1.29 is 14.7 Å². The van der Waals surface area contributed by atoms with Crippen molar-refractivity contribution in [2.24, 2.45) is 0 Å². The summed E-state index contributed by atoms with van der Waals surface area (Å²) in [4.78, 5) is 30.0. The molecule has 2 amide bonds. The minimum Gasteiger partial charge on any atom is -0.383 e. The highest BCUT2D eigenvalue weighted by molar-refractivity contribution is 5.94. The number of benzene rings is 1. The Hall–Kier alpha value is -2.67. The quantitative estimate of drug-likeness (QED) is 0.856. The van der Waals surface area contributed by atoms with Gasteiger partial charge in [-0.1, -0.05) is 30.3 Å². The molecule has 2 heterocycles. The molecule has 0 bridgehead atoms. The van der Waals surface area contributed by atoms with Crippen LogP contribution in [0.25, 0.3) is 0 Å². The molecule has 1 aromatic heterocycles. The number of likely N-dealkylation sites (tertiary alicyclic amines) is 1. The number of imidazole rings is 1. The van der Waals surface area contributed by atoms with Crippen molar-refractivity contribution in [3.63, 3.8) is 0 Å². The fraction of sp³-hybridized carbons (Fsp3) is 0.389. The second-order valence-corrected chi connectivity index (χ2v) is 6.18. The Bertz CT molecular complexity index is 729. The Labute approximate surface area is 146 Å². The van der Waals surface area contributed by atoms with Crippen LogP contribution in [0.1, 0.15) is 24.8 Å². The molecule has 1 aliphatic rings. The molecule has 3 rings (SSSR count). The van der Waals surface area contributed by atoms with E-state index in [-0.39, 0.29) is 18.4 Å². The van der Waals surface area contributed by atoms with Crippen LogP contribution in [0.3, 0.4) is 0 Å². The Kier molecular flexibility index (Phi) is 5.45. The van der Waals surface area contributed by atoms with Crippen molar-refractivity contribution in [3.05, 3.63) is 48.3 Å². The summed E-state index contributed by atoms with van der Waals surface area (Å²) < 4.78 is 1.84. The zero-order valence-electron chi connectivity index (χ0n) is 14.0. The normalized spacial score (nSPS) is 18.0. The van der Waals surface area contributed by atoms with Gasteiger partial charge in [0.05, 0.1) is 6.54 Å². The van der Waals surface area contributed by atoms with Crippen LogP contribution in [-0.2, 0) is 16.1 Å². The van der Waals surface area contributed by atoms with Gasteiger partial charge in [-0.3, -0.25) is 14.9 Å². The van der Waals surface area contributed by atoms with E-state index in [1.54, 1.807) is 12.4 Å². The number of amides is 2. The first-order valence-electron chi connectivity index (χ1n) is 8.45. The van der Waals surface area contributed by atoms with Gasteiger partial charge in [-0.05, 0) is 24.8 Å². The van der Waals surface area contributed by atoms with Crippen LogP contribution in [-0.4, -0.2) is 50.6 Å². The molecule has 0 radical (unpaired) electrons. The number of hydrogen-bond donors (Lipinski definition) is 2. The van der Waals surface area contributed by atoms with E-state index in [4.69, 9.17) is 0 Å². The Balaban J connectivity index is 1.62. The van der Waals surface area contributed by atoms with Crippen LogP contribution >= 0.6 is 0 Å². The lowest BCUT2D eigenvalue weighted by atomic mass is 10.2. The van der Waals surface area contributed by atoms with Gasteiger partial charge in [0.15, 0.2) is 0 Å². The fourth-order valence-corrected chi connectivity index (χ4v) is 2.92. The van der Waals surface area contributed by atoms with E-state index in [2.05, 4.69) is 10.3 Å². The molecular weight excluding hydrogens is 320 g/mol. The molecule has 1 aliphatic heterocycles. The summed E-state index contributed by atoms with van der Waals surface area (Å²) in [7, 11) is 0. The number of nitrogens with one attached hydrogen (secondary N) is 1. The van der Waals surface area contributed by atoms with E-state index in [0.29, 0.717) is 25.5 Å². The van der Waals surface area contributed by atoms with Crippen molar-refractivity contribution in [1.29, 1.82) is 0 Å². The van der Waals surface area contributed by atoms with Crippen molar-refractivity contribution in [2.75, 3.05) is 18.4 Å². The molecule has 132 valence electrons. The molecular formula is C18H22N4O3. The third kappa shape index (κ3) is 4.45. The van der Waals surface area contributed by atoms with E-state index in [0.717, 1.165) is 18.4 Å². The minimum atomic E-state index is -1.00. The van der Waals surface area contributed by atoms with Crippen LogP contribution in [0, 0.1) is 0 Å². The molecule has 25 heavy (non-hydrogen) atoms. The van der Waals surface area contributed by atoms with E-state index in [1.165, 1.54) is 4.90 Å². The third-order valence-electron chi connectivity index (χ3n) is 4.25. The van der Waals surface area contributed by atoms with Gasteiger partial charge in [-0.15, -0.1) is 0 Å². The first-order valence-corrected chi connectivity index (χ1v) is 8.45. The molecule has 1 atom stereocenters. The van der Waals surface area contributed by atoms with Crippen molar-refractivity contribution in [1.82, 2.24) is 14.5 Å². The lowest BCUT2D eigenvalue weighted by molar-refractivity contribution is -0.141. The third-order valence-corrected chi connectivity index (χ3v) is 4.25. The van der Waals surface area contributed by atoms with Crippen LogP contribution in [0.5, 0.6) is 0 Å². The number of anilines is 1. The van der Waals surface area contributed by atoms with Crippen molar-refractivity contribution in [3.8, 4) is 0 Å². The minimum absolute atomic E-state index is 0.0753. The molecule has 7 heteroatoms. The van der Waals surface area contributed by atoms with Gasteiger partial charge in [-0.25, -0.2) is 4.98 Å². The summed E-state index contributed by atoms with van der Waals surface area (Å²) in [6.45, 7) is 1.01. The largest absolute Gasteiger partial charge is 0.383 e. The summed E-state index contributed by atoms with van der Waals surface area (Å²) in [5.74, 6) is -0.250. The van der Waals surface area contributed by atoms with Gasteiger partial charge in [0, 0.05) is 18.9 Å². The molecule has 2 aromatic rings. The summed E-state index contributed by atoms with van der Waals surface area (Å²) in [6.07, 6.45) is 4.45. The van der Waals surface area contributed by atoms with Gasteiger partial charge < -0.3 is 14.6 Å². The van der Waals surface area contributed by atoms with Gasteiger partial charge in [0.1, 0.15) is 12.6 Å². The summed E-state index contributed by atoms with van der Waals surface area (Å²) in [5, 5.41) is 12.5. The van der Waals surface area contributed by atoms with E-state index in [9.17, 15) is 14.7 Å². The predicted octanol–water partition coefficient (Wildman–Crippen LogP) is 1.24. The number of aromatic nitrogens is 2. The smallest absolute Gasteiger partial charge is 0.251 e. The number of rotatable bonds is 5. The Morgan fingerprint density at radius 3 is 2.88 bits per heavy atom. The lowest BCUT2D eigenvalue weighted by Crippen LogP contribution is -2.42. The number of aliphatic hydroxyl groups is 1. The highest BCUT2D eigenvalue weighted by Gasteiger charge is 2.26. The van der Waals surface area contributed by atoms with Crippen molar-refractivity contribution >= 4 is 17.8 Å². The zero-order chi connectivity index (χ0) is 17.6. The Morgan fingerprint density at radius 2 is 2.08 bits per heavy atom. The number of aliphatic hydroxyl groups excluding tert-OH is 1. The van der Waals surface area contributed by atoms with E-state index in [1.807, 2.05) is 34.9 Å². The van der Waals surface area contributed by atoms with Crippen LogP contribution in [0.15, 0.2) is 42.7 Å². The SMILES string of the molecule is O=C(CN1CCCCC(O)C1=O)Nc1nccn1Cc1ccccc1. The maximum Gasteiger partial charge on any atom is 0.251 e. The van der Waals surface area contributed by atoms with Crippen LogP contribution < -0.4 is 5.32 Å². The molecule has 1 aromatic carbocycles. The molecule has 1 saturated heterocycles. The van der Waals surface area contributed by atoms with Crippen LogP contribution in [0.4, 0.5) is 5.95 Å². The first kappa shape index (κ1) is 17.2. The van der Waals surface area contributed by atoms with Crippen molar-refractivity contribution in [2.45, 2.75) is 31.9 Å². The average Bonchev–Trinajstić information content (AvgIpc) is 2.97. The van der Waals surface area contributed by atoms with Gasteiger partial charge >= 0.3 is 0 Å². The molecule has 1 fully saturated rings. The molecule has 0 spiro atoms. The summed E-state index contributed by atoms with van der Waals surface area (Å²) >= 11 is 0. The summed E-state index contributed by atoms with van der Waals surface area (Å²) in [5.41, 5.74) is 1.10. The van der Waals surface area contributed by atoms with Gasteiger partial charge in [0.25, 0.3) is 5.91 Å². The molecule has 0 aliphatic carbocycles. The number of hydrogen-bond acceptors (Lipinski definition) is 4. The Morgan fingerprint density at radius 1 is 1.28 bits per heavy atom. The molecule has 2 N–H and O–H groups in total. The molecule has 1 unspecified atom stereocenters. The second-order valence-electron chi connectivity index (χ2n) is 6.18. The number of carbonyl (C=O) groups is 2. The monoisotopic (exact) mass is 342 g/mol. The maximum atomic E-state index is 12.3. The maximum absolute atomic E-state index is 12.3. The van der Waals surface area contributed by atoms with Crippen LogP contribution in [0.2, 0.25) is 0 Å². The molecule has 7 nitrogen and oxygen atoms in total. The topological polar surface area (TPSA) is 87.5 Å². The fourth-order valence-electron chi connectivity index (χ4n) is 2.92. The first-order chi connectivity index (χ1) is 12.1. The molecule has 0 saturated carbocycles. The number of nitrogens with zero attached hydrogens (tertiary/aromatic N) is 3. The van der Waals surface area contributed by atoms with Gasteiger partial charge in [0.2, 0.25) is 11.9 Å². The predicted molar refractivity (Wildman–Crippen MR) is 92.8 cm³/mol. The lowest BCUT2D eigenvalue weighted by Gasteiger charge is -2.21. The van der Waals surface area contributed by atoms with Gasteiger partial charge in [-0.2, -0.15) is 0 Å². The second kappa shape index (κ2) is 7.94. The highest BCUT2D eigenvalue weighted by atomic mass is 16.3. The number of carbonyl (C=O) groups excluding carboxylic acids is 2.